The Hall–Kier alpha value is -1.52. The number of aryl methyl sites for hydroxylation is 3. The summed E-state index contributed by atoms with van der Waals surface area (Å²) in [5.74, 6) is 1.02. The number of ether oxygens (including phenoxy) is 1. The van der Waals surface area contributed by atoms with E-state index in [1.54, 1.807) is 0 Å². The summed E-state index contributed by atoms with van der Waals surface area (Å²) in [5, 5.41) is 2.75. The van der Waals surface area contributed by atoms with E-state index in [-0.39, 0.29) is 6.09 Å². The number of alkyl carbamates (subject to hydrolysis) is 1. The fourth-order valence-corrected chi connectivity index (χ4v) is 1.66. The van der Waals surface area contributed by atoms with Crippen LogP contribution >= 0.6 is 0 Å². The summed E-state index contributed by atoms with van der Waals surface area (Å²) >= 11 is 0. The highest BCUT2D eigenvalue weighted by molar-refractivity contribution is 5.67. The number of carbonyl (C=O) groups excluding carboxylic acids is 1. The third-order valence-corrected chi connectivity index (χ3v) is 2.69. The molecule has 0 fully saturated rings. The van der Waals surface area contributed by atoms with E-state index < -0.39 is 5.60 Å². The molecule has 2 N–H and O–H groups in total. The molecule has 0 radical (unpaired) electrons. The maximum atomic E-state index is 11.4. The van der Waals surface area contributed by atoms with Crippen LogP contribution in [0, 0.1) is 13.8 Å². The lowest BCUT2D eigenvalue weighted by Crippen LogP contribution is -2.33. The first kappa shape index (κ1) is 15.5. The van der Waals surface area contributed by atoms with Crippen LogP contribution in [-0.2, 0) is 11.2 Å². The van der Waals surface area contributed by atoms with Crippen LogP contribution < -0.4 is 5.32 Å². The highest BCUT2D eigenvalue weighted by atomic mass is 16.6. The van der Waals surface area contributed by atoms with Gasteiger partial charge in [0.2, 0.25) is 0 Å². The highest BCUT2D eigenvalue weighted by Gasteiger charge is 2.15. The first-order chi connectivity index (χ1) is 8.78. The predicted octanol–water partition coefficient (Wildman–Crippen LogP) is 2.87. The molecule has 0 aliphatic carbocycles. The SMILES string of the molecule is Cc1nc(CCCCNC(=O)OC(C)(C)C)[nH]c1C. The molecule has 1 amide bonds. The third kappa shape index (κ3) is 6.27. The number of amides is 1. The Labute approximate surface area is 115 Å². The molecule has 0 aliphatic rings. The van der Waals surface area contributed by atoms with Crippen LogP contribution in [0.25, 0.3) is 0 Å². The number of hydrogen-bond acceptors (Lipinski definition) is 3. The standard InChI is InChI=1S/C14H25N3O2/c1-10-11(2)17-12(16-10)8-6-7-9-15-13(18)19-14(3,4)5/h6-9H2,1-5H3,(H,15,18)(H,16,17). The van der Waals surface area contributed by atoms with Crippen LogP contribution in [0.1, 0.15) is 50.8 Å². The number of unbranched alkanes of at least 4 members (excludes halogenated alkanes) is 1. The molecule has 0 aliphatic heterocycles. The zero-order chi connectivity index (χ0) is 14.5. The summed E-state index contributed by atoms with van der Waals surface area (Å²) in [4.78, 5) is 19.1. The Bertz CT molecular complexity index is 399. The summed E-state index contributed by atoms with van der Waals surface area (Å²) in [6.45, 7) is 10.2. The molecule has 5 nitrogen and oxygen atoms in total. The molecule has 0 bridgehead atoms. The van der Waals surface area contributed by atoms with E-state index >= 15 is 0 Å². The van der Waals surface area contributed by atoms with Crippen molar-refractivity contribution >= 4 is 6.09 Å². The largest absolute Gasteiger partial charge is 0.444 e. The number of nitrogens with one attached hydrogen (secondary N) is 2. The van der Waals surface area contributed by atoms with Crippen LogP contribution in [0.4, 0.5) is 4.79 Å². The van der Waals surface area contributed by atoms with Gasteiger partial charge < -0.3 is 15.0 Å². The molecule has 5 heteroatoms. The number of rotatable bonds is 5. The summed E-state index contributed by atoms with van der Waals surface area (Å²) in [7, 11) is 0. The number of hydrogen-bond donors (Lipinski definition) is 2. The normalized spacial score (nSPS) is 11.4. The summed E-state index contributed by atoms with van der Waals surface area (Å²) < 4.78 is 5.15. The van der Waals surface area contributed by atoms with Gasteiger partial charge in [0, 0.05) is 18.7 Å². The Kier molecular flexibility index (Phi) is 5.39. The van der Waals surface area contributed by atoms with Gasteiger partial charge in [0.25, 0.3) is 0 Å². The molecule has 1 aromatic rings. The second-order valence-corrected chi connectivity index (χ2v) is 5.78. The van der Waals surface area contributed by atoms with Crippen LogP contribution in [-0.4, -0.2) is 28.2 Å². The van der Waals surface area contributed by atoms with Crippen molar-refractivity contribution in [2.75, 3.05) is 6.54 Å². The lowest BCUT2D eigenvalue weighted by atomic mass is 10.2. The van der Waals surface area contributed by atoms with E-state index in [1.165, 1.54) is 0 Å². The van der Waals surface area contributed by atoms with Crippen LogP contribution in [0.15, 0.2) is 0 Å². The Balaban J connectivity index is 2.13. The maximum absolute atomic E-state index is 11.4. The predicted molar refractivity (Wildman–Crippen MR) is 75.2 cm³/mol. The lowest BCUT2D eigenvalue weighted by Gasteiger charge is -2.19. The minimum Gasteiger partial charge on any atom is -0.444 e. The van der Waals surface area contributed by atoms with Crippen molar-refractivity contribution < 1.29 is 9.53 Å². The molecular formula is C14H25N3O2. The average molecular weight is 267 g/mol. The smallest absolute Gasteiger partial charge is 0.407 e. The molecule has 0 unspecified atom stereocenters. The average Bonchev–Trinajstić information content (AvgIpc) is 2.55. The van der Waals surface area contributed by atoms with Crippen LogP contribution in [0.3, 0.4) is 0 Å². The molecule has 0 aromatic carbocycles. The fourth-order valence-electron chi connectivity index (χ4n) is 1.66. The van der Waals surface area contributed by atoms with Gasteiger partial charge in [-0.25, -0.2) is 9.78 Å². The van der Waals surface area contributed by atoms with Gasteiger partial charge in [-0.1, -0.05) is 0 Å². The van der Waals surface area contributed by atoms with Gasteiger partial charge >= 0.3 is 6.09 Å². The Morgan fingerprint density at radius 1 is 1.32 bits per heavy atom. The lowest BCUT2D eigenvalue weighted by molar-refractivity contribution is 0.0527. The third-order valence-electron chi connectivity index (χ3n) is 2.69. The molecule has 0 spiro atoms. The van der Waals surface area contributed by atoms with Gasteiger partial charge in [0.1, 0.15) is 11.4 Å². The number of carbonyl (C=O) groups is 1. The minimum atomic E-state index is -0.437. The molecule has 1 aromatic heterocycles. The molecule has 108 valence electrons. The van der Waals surface area contributed by atoms with E-state index in [1.807, 2.05) is 34.6 Å². The Morgan fingerprint density at radius 2 is 2.00 bits per heavy atom. The van der Waals surface area contributed by atoms with E-state index in [2.05, 4.69) is 15.3 Å². The second-order valence-electron chi connectivity index (χ2n) is 5.78. The van der Waals surface area contributed by atoms with Gasteiger partial charge in [-0.3, -0.25) is 0 Å². The number of nitrogens with zero attached hydrogens (tertiary/aromatic N) is 1. The number of aromatic amines is 1. The first-order valence-corrected chi connectivity index (χ1v) is 6.77. The first-order valence-electron chi connectivity index (χ1n) is 6.77. The number of imidazole rings is 1. The highest BCUT2D eigenvalue weighted by Crippen LogP contribution is 2.07. The van der Waals surface area contributed by atoms with E-state index in [4.69, 9.17) is 4.74 Å². The Morgan fingerprint density at radius 3 is 2.53 bits per heavy atom. The second kappa shape index (κ2) is 6.59. The van der Waals surface area contributed by atoms with Crippen molar-refractivity contribution in [2.24, 2.45) is 0 Å². The zero-order valence-corrected chi connectivity index (χ0v) is 12.6. The van der Waals surface area contributed by atoms with Crippen LogP contribution in [0.5, 0.6) is 0 Å². The van der Waals surface area contributed by atoms with Crippen molar-refractivity contribution in [2.45, 2.75) is 59.5 Å². The number of aromatic nitrogens is 2. The topological polar surface area (TPSA) is 67.0 Å². The molecule has 1 rings (SSSR count). The molecule has 0 saturated carbocycles. The van der Waals surface area contributed by atoms with E-state index in [9.17, 15) is 4.79 Å². The van der Waals surface area contributed by atoms with Crippen molar-refractivity contribution in [1.29, 1.82) is 0 Å². The summed E-state index contributed by atoms with van der Waals surface area (Å²) in [6.07, 6.45) is 2.46. The van der Waals surface area contributed by atoms with Crippen LogP contribution in [0.2, 0.25) is 0 Å². The van der Waals surface area contributed by atoms with Crippen molar-refractivity contribution in [3.05, 3.63) is 17.2 Å². The quantitative estimate of drug-likeness (QED) is 0.806. The van der Waals surface area contributed by atoms with Gasteiger partial charge in [-0.15, -0.1) is 0 Å². The van der Waals surface area contributed by atoms with Gasteiger partial charge in [-0.05, 0) is 47.5 Å². The van der Waals surface area contributed by atoms with Crippen molar-refractivity contribution in [3.63, 3.8) is 0 Å². The molecule has 0 atom stereocenters. The zero-order valence-electron chi connectivity index (χ0n) is 12.6. The van der Waals surface area contributed by atoms with Gasteiger partial charge in [-0.2, -0.15) is 0 Å². The molecule has 1 heterocycles. The minimum absolute atomic E-state index is 0.350. The molecule has 0 saturated heterocycles. The van der Waals surface area contributed by atoms with Gasteiger partial charge in [0.05, 0.1) is 5.69 Å². The van der Waals surface area contributed by atoms with Crippen molar-refractivity contribution in [3.8, 4) is 0 Å². The number of H-pyrrole nitrogens is 1. The van der Waals surface area contributed by atoms with E-state index in [0.717, 1.165) is 36.5 Å². The summed E-state index contributed by atoms with van der Waals surface area (Å²) in [6, 6.07) is 0. The fraction of sp³-hybridized carbons (Fsp3) is 0.714. The molecule has 19 heavy (non-hydrogen) atoms. The summed E-state index contributed by atoms with van der Waals surface area (Å²) in [5.41, 5.74) is 1.75. The molecular weight excluding hydrogens is 242 g/mol. The van der Waals surface area contributed by atoms with E-state index in [0.29, 0.717) is 6.54 Å². The monoisotopic (exact) mass is 267 g/mol. The van der Waals surface area contributed by atoms with Gasteiger partial charge in [0.15, 0.2) is 0 Å². The van der Waals surface area contributed by atoms with Crippen molar-refractivity contribution in [1.82, 2.24) is 15.3 Å². The maximum Gasteiger partial charge on any atom is 0.407 e.